The van der Waals surface area contributed by atoms with Gasteiger partial charge in [0.15, 0.2) is 5.78 Å². The first-order valence-corrected chi connectivity index (χ1v) is 5.48. The van der Waals surface area contributed by atoms with Crippen molar-refractivity contribution < 1.29 is 9.90 Å². The van der Waals surface area contributed by atoms with Crippen LogP contribution < -0.4 is 0 Å². The summed E-state index contributed by atoms with van der Waals surface area (Å²) in [4.78, 5) is 15.9. The highest BCUT2D eigenvalue weighted by Crippen LogP contribution is 2.33. The molecule has 0 radical (unpaired) electrons. The van der Waals surface area contributed by atoms with Gasteiger partial charge in [-0.2, -0.15) is 0 Å². The highest BCUT2D eigenvalue weighted by atomic mass is 35.5. The molecule has 0 amide bonds. The van der Waals surface area contributed by atoms with E-state index in [1.165, 1.54) is 24.5 Å². The Morgan fingerprint density at radius 3 is 2.41 bits per heavy atom. The van der Waals surface area contributed by atoms with Crippen LogP contribution in [0.1, 0.15) is 15.9 Å². The molecule has 1 aromatic heterocycles. The number of halogens is 2. The van der Waals surface area contributed by atoms with Crippen molar-refractivity contribution in [2.45, 2.75) is 0 Å². The topological polar surface area (TPSA) is 50.2 Å². The average molecular weight is 268 g/mol. The number of phenolic OH excluding ortho intramolecular Hbond substituents is 1. The SMILES string of the molecule is O=C(c1ccncc1)c1c(O)ccc(Cl)c1Cl. The van der Waals surface area contributed by atoms with E-state index in [-0.39, 0.29) is 21.4 Å². The molecule has 3 nitrogen and oxygen atoms in total. The minimum absolute atomic E-state index is 0.00497. The maximum atomic E-state index is 12.1. The zero-order valence-electron chi connectivity index (χ0n) is 8.52. The minimum Gasteiger partial charge on any atom is -0.507 e. The lowest BCUT2D eigenvalue weighted by molar-refractivity contribution is 0.103. The van der Waals surface area contributed by atoms with Crippen molar-refractivity contribution in [1.82, 2.24) is 4.98 Å². The summed E-state index contributed by atoms with van der Waals surface area (Å²) < 4.78 is 0. The summed E-state index contributed by atoms with van der Waals surface area (Å²) >= 11 is 11.7. The molecule has 0 spiro atoms. The Morgan fingerprint density at radius 1 is 1.12 bits per heavy atom. The number of aromatic hydroxyl groups is 1. The van der Waals surface area contributed by atoms with Crippen LogP contribution in [-0.2, 0) is 0 Å². The standard InChI is InChI=1S/C12H7Cl2NO2/c13-8-1-2-9(16)10(11(8)14)12(17)7-3-5-15-6-4-7/h1-6,16H. The Kier molecular flexibility index (Phi) is 3.31. The summed E-state index contributed by atoms with van der Waals surface area (Å²) in [7, 11) is 0. The number of pyridine rings is 1. The monoisotopic (exact) mass is 267 g/mol. The van der Waals surface area contributed by atoms with Crippen LogP contribution in [0.5, 0.6) is 5.75 Å². The van der Waals surface area contributed by atoms with Crippen LogP contribution in [0.3, 0.4) is 0 Å². The normalized spacial score (nSPS) is 10.2. The first-order chi connectivity index (χ1) is 8.11. The summed E-state index contributed by atoms with van der Waals surface area (Å²) in [6.07, 6.45) is 2.98. The third kappa shape index (κ3) is 2.25. The highest BCUT2D eigenvalue weighted by Gasteiger charge is 2.19. The smallest absolute Gasteiger partial charge is 0.198 e. The number of carbonyl (C=O) groups is 1. The number of hydrogen-bond acceptors (Lipinski definition) is 3. The van der Waals surface area contributed by atoms with Gasteiger partial charge in [0.2, 0.25) is 0 Å². The van der Waals surface area contributed by atoms with Crippen molar-refractivity contribution in [3.8, 4) is 5.75 Å². The molecular weight excluding hydrogens is 261 g/mol. The zero-order chi connectivity index (χ0) is 12.4. The zero-order valence-corrected chi connectivity index (χ0v) is 10.0. The fourth-order valence-corrected chi connectivity index (χ4v) is 1.81. The van der Waals surface area contributed by atoms with Crippen molar-refractivity contribution in [2.24, 2.45) is 0 Å². The Hall–Kier alpha value is -1.58. The Bertz CT molecular complexity index is 570. The van der Waals surface area contributed by atoms with Crippen LogP contribution in [0.4, 0.5) is 0 Å². The van der Waals surface area contributed by atoms with E-state index in [2.05, 4.69) is 4.98 Å². The molecule has 0 aliphatic rings. The molecule has 0 atom stereocenters. The van der Waals surface area contributed by atoms with Gasteiger partial charge in [0.05, 0.1) is 15.6 Å². The number of ketones is 1. The van der Waals surface area contributed by atoms with E-state index < -0.39 is 5.78 Å². The molecule has 17 heavy (non-hydrogen) atoms. The van der Waals surface area contributed by atoms with Gasteiger partial charge in [-0.25, -0.2) is 0 Å². The van der Waals surface area contributed by atoms with Crippen LogP contribution in [0.15, 0.2) is 36.7 Å². The van der Waals surface area contributed by atoms with Crippen molar-refractivity contribution in [3.05, 3.63) is 57.8 Å². The van der Waals surface area contributed by atoms with Gasteiger partial charge in [-0.3, -0.25) is 9.78 Å². The van der Waals surface area contributed by atoms with Gasteiger partial charge in [0.25, 0.3) is 0 Å². The molecule has 5 heteroatoms. The third-order valence-corrected chi connectivity index (χ3v) is 3.05. The predicted molar refractivity (Wildman–Crippen MR) is 65.8 cm³/mol. The van der Waals surface area contributed by atoms with E-state index in [0.717, 1.165) is 0 Å². The number of nitrogens with zero attached hydrogens (tertiary/aromatic N) is 1. The molecule has 2 rings (SSSR count). The number of carbonyl (C=O) groups excluding carboxylic acids is 1. The van der Waals surface area contributed by atoms with E-state index in [1.54, 1.807) is 12.1 Å². The predicted octanol–water partition coefficient (Wildman–Crippen LogP) is 3.33. The Balaban J connectivity index is 2.56. The third-order valence-electron chi connectivity index (χ3n) is 2.24. The minimum atomic E-state index is -0.391. The number of benzene rings is 1. The number of rotatable bonds is 2. The second kappa shape index (κ2) is 4.73. The van der Waals surface area contributed by atoms with E-state index >= 15 is 0 Å². The maximum absolute atomic E-state index is 12.1. The van der Waals surface area contributed by atoms with Crippen LogP contribution in [0.25, 0.3) is 0 Å². The first kappa shape index (κ1) is 11.9. The van der Waals surface area contributed by atoms with Gasteiger partial charge in [-0.1, -0.05) is 23.2 Å². The van der Waals surface area contributed by atoms with Crippen LogP contribution in [0.2, 0.25) is 10.0 Å². The summed E-state index contributed by atoms with van der Waals surface area (Å²) in [5, 5.41) is 9.94. The number of hydrogen-bond donors (Lipinski definition) is 1. The first-order valence-electron chi connectivity index (χ1n) is 4.73. The molecule has 0 bridgehead atoms. The van der Waals surface area contributed by atoms with Crippen molar-refractivity contribution in [3.63, 3.8) is 0 Å². The van der Waals surface area contributed by atoms with Gasteiger partial charge in [0.1, 0.15) is 5.75 Å². The molecule has 0 saturated carbocycles. The lowest BCUT2D eigenvalue weighted by Gasteiger charge is -2.07. The van der Waals surface area contributed by atoms with Crippen LogP contribution in [-0.4, -0.2) is 15.9 Å². The van der Waals surface area contributed by atoms with Gasteiger partial charge in [0, 0.05) is 18.0 Å². The van der Waals surface area contributed by atoms with E-state index in [4.69, 9.17) is 23.2 Å². The summed E-state index contributed by atoms with van der Waals surface area (Å²) in [5.41, 5.74) is 0.393. The van der Waals surface area contributed by atoms with Crippen LogP contribution >= 0.6 is 23.2 Å². The van der Waals surface area contributed by atoms with Gasteiger partial charge >= 0.3 is 0 Å². The van der Waals surface area contributed by atoms with Crippen molar-refractivity contribution in [1.29, 1.82) is 0 Å². The van der Waals surface area contributed by atoms with E-state index in [0.29, 0.717) is 5.56 Å². The number of aromatic nitrogens is 1. The second-order valence-corrected chi connectivity index (χ2v) is 4.11. The summed E-state index contributed by atoms with van der Waals surface area (Å²) in [5.74, 6) is -0.585. The molecule has 1 heterocycles. The van der Waals surface area contributed by atoms with Crippen LogP contribution in [0, 0.1) is 0 Å². The highest BCUT2D eigenvalue weighted by molar-refractivity contribution is 6.44. The van der Waals surface area contributed by atoms with Gasteiger partial charge in [-0.05, 0) is 24.3 Å². The largest absolute Gasteiger partial charge is 0.507 e. The summed E-state index contributed by atoms with van der Waals surface area (Å²) in [6, 6.07) is 5.85. The average Bonchev–Trinajstić information content (AvgIpc) is 2.35. The fourth-order valence-electron chi connectivity index (χ4n) is 1.40. The molecule has 0 fully saturated rings. The summed E-state index contributed by atoms with van der Waals surface area (Å²) in [6.45, 7) is 0. The maximum Gasteiger partial charge on any atom is 0.198 e. The Morgan fingerprint density at radius 2 is 1.76 bits per heavy atom. The fraction of sp³-hybridized carbons (Fsp3) is 0. The molecule has 0 aliphatic heterocycles. The molecule has 0 unspecified atom stereocenters. The lowest BCUT2D eigenvalue weighted by Crippen LogP contribution is -2.03. The van der Waals surface area contributed by atoms with Crippen molar-refractivity contribution >= 4 is 29.0 Å². The molecule has 1 N–H and O–H groups in total. The molecular formula is C12H7Cl2NO2. The molecule has 0 saturated heterocycles. The molecule has 0 aliphatic carbocycles. The van der Waals surface area contributed by atoms with E-state index in [1.807, 2.05) is 0 Å². The molecule has 2 aromatic rings. The lowest BCUT2D eigenvalue weighted by atomic mass is 10.0. The quantitative estimate of drug-likeness (QED) is 0.850. The van der Waals surface area contributed by atoms with Gasteiger partial charge in [-0.15, -0.1) is 0 Å². The van der Waals surface area contributed by atoms with E-state index in [9.17, 15) is 9.90 Å². The Labute approximate surface area is 108 Å². The molecule has 86 valence electrons. The van der Waals surface area contributed by atoms with Gasteiger partial charge < -0.3 is 5.11 Å². The molecule has 1 aromatic carbocycles. The number of phenols is 1. The van der Waals surface area contributed by atoms with Crippen molar-refractivity contribution in [2.75, 3.05) is 0 Å². The second-order valence-electron chi connectivity index (χ2n) is 3.32.